The topological polar surface area (TPSA) is 27.7 Å². The number of rotatable bonds is 16. The molecule has 0 radical (unpaired) electrons. The van der Waals surface area contributed by atoms with Gasteiger partial charge in [-0.15, -0.1) is 13.2 Å². The van der Waals surface area contributed by atoms with Gasteiger partial charge >= 0.3 is 0 Å². The molecule has 0 saturated heterocycles. The summed E-state index contributed by atoms with van der Waals surface area (Å²) >= 11 is 0. The van der Waals surface area contributed by atoms with Gasteiger partial charge in [0, 0.05) is 13.2 Å². The molecule has 0 bridgehead atoms. The molecule has 0 saturated carbocycles. The van der Waals surface area contributed by atoms with Crippen LogP contribution in [0.4, 0.5) is 0 Å². The number of hydrogen-bond acceptors (Lipinski definition) is 3. The van der Waals surface area contributed by atoms with Crippen molar-refractivity contribution in [1.82, 2.24) is 0 Å². The van der Waals surface area contributed by atoms with Crippen molar-refractivity contribution < 1.29 is 14.2 Å². The highest BCUT2D eigenvalue weighted by molar-refractivity contribution is 4.75. The van der Waals surface area contributed by atoms with E-state index in [0.29, 0.717) is 13.2 Å². The smallest absolute Gasteiger partial charge is 0.0842 e. The molecular weight excluding hydrogens is 264 g/mol. The van der Waals surface area contributed by atoms with E-state index in [2.05, 4.69) is 27.0 Å². The van der Waals surface area contributed by atoms with E-state index in [9.17, 15) is 0 Å². The molecule has 3 heteroatoms. The second kappa shape index (κ2) is 15.7. The maximum absolute atomic E-state index is 5.81. The summed E-state index contributed by atoms with van der Waals surface area (Å²) in [6.07, 6.45) is 10.1. The van der Waals surface area contributed by atoms with Gasteiger partial charge in [0.25, 0.3) is 0 Å². The maximum Gasteiger partial charge on any atom is 0.0842 e. The zero-order chi connectivity index (χ0) is 15.8. The molecule has 0 aromatic carbocycles. The van der Waals surface area contributed by atoms with E-state index in [1.807, 2.05) is 12.2 Å². The van der Waals surface area contributed by atoms with Crippen LogP contribution >= 0.6 is 0 Å². The summed E-state index contributed by atoms with van der Waals surface area (Å²) in [5, 5.41) is 0. The van der Waals surface area contributed by atoms with E-state index in [1.54, 1.807) is 0 Å². The summed E-state index contributed by atoms with van der Waals surface area (Å²) in [5.74, 6) is 0. The highest BCUT2D eigenvalue weighted by Gasteiger charge is 2.11. The molecule has 0 spiro atoms. The minimum Gasteiger partial charge on any atom is -0.376 e. The summed E-state index contributed by atoms with van der Waals surface area (Å²) in [7, 11) is 0. The first-order chi connectivity index (χ1) is 10.3. The summed E-state index contributed by atoms with van der Waals surface area (Å²) in [4.78, 5) is 0. The Morgan fingerprint density at radius 3 is 1.57 bits per heavy atom. The van der Waals surface area contributed by atoms with Gasteiger partial charge in [-0.3, -0.25) is 0 Å². The average Bonchev–Trinajstić information content (AvgIpc) is 2.47. The van der Waals surface area contributed by atoms with Crippen molar-refractivity contribution in [2.45, 2.75) is 64.6 Å². The van der Waals surface area contributed by atoms with E-state index < -0.39 is 0 Å². The van der Waals surface area contributed by atoms with Crippen LogP contribution in [0.5, 0.6) is 0 Å². The molecule has 2 atom stereocenters. The molecule has 0 aromatic rings. The first kappa shape index (κ1) is 20.4. The van der Waals surface area contributed by atoms with Crippen LogP contribution in [0.1, 0.15) is 52.4 Å². The van der Waals surface area contributed by atoms with Gasteiger partial charge < -0.3 is 14.2 Å². The van der Waals surface area contributed by atoms with Crippen molar-refractivity contribution in [3.8, 4) is 0 Å². The molecule has 2 unspecified atom stereocenters. The molecule has 0 fully saturated rings. The van der Waals surface area contributed by atoms with Gasteiger partial charge in [-0.2, -0.15) is 0 Å². The van der Waals surface area contributed by atoms with Gasteiger partial charge in [0.05, 0.1) is 25.4 Å². The van der Waals surface area contributed by atoms with Crippen molar-refractivity contribution in [3.63, 3.8) is 0 Å². The van der Waals surface area contributed by atoms with Crippen LogP contribution < -0.4 is 0 Å². The first-order valence-corrected chi connectivity index (χ1v) is 8.31. The molecule has 0 aliphatic rings. The van der Waals surface area contributed by atoms with Crippen LogP contribution in [0, 0.1) is 0 Å². The van der Waals surface area contributed by atoms with Gasteiger partial charge in [-0.25, -0.2) is 0 Å². The minimum atomic E-state index is 0.106. The zero-order valence-electron chi connectivity index (χ0n) is 14.0. The Balaban J connectivity index is 3.93. The fourth-order valence-corrected chi connectivity index (χ4v) is 1.86. The molecule has 0 rings (SSSR count). The van der Waals surface area contributed by atoms with Crippen LogP contribution in [0.2, 0.25) is 0 Å². The van der Waals surface area contributed by atoms with E-state index in [-0.39, 0.29) is 12.2 Å². The van der Waals surface area contributed by atoms with Crippen molar-refractivity contribution in [2.75, 3.05) is 26.4 Å². The second-order valence-electron chi connectivity index (χ2n) is 5.28. The molecule has 3 nitrogen and oxygen atoms in total. The lowest BCUT2D eigenvalue weighted by Crippen LogP contribution is -2.25. The minimum absolute atomic E-state index is 0.106. The van der Waals surface area contributed by atoms with Gasteiger partial charge in [0.15, 0.2) is 0 Å². The van der Waals surface area contributed by atoms with Gasteiger partial charge in [-0.1, -0.05) is 38.8 Å². The molecule has 0 amide bonds. The average molecular weight is 298 g/mol. The van der Waals surface area contributed by atoms with E-state index in [4.69, 9.17) is 14.2 Å². The van der Waals surface area contributed by atoms with Crippen molar-refractivity contribution in [2.24, 2.45) is 0 Å². The Kier molecular flexibility index (Phi) is 15.3. The molecule has 124 valence electrons. The Hall–Kier alpha value is -0.640. The first-order valence-electron chi connectivity index (χ1n) is 8.31. The third-order valence-electron chi connectivity index (χ3n) is 3.17. The lowest BCUT2D eigenvalue weighted by Gasteiger charge is -2.20. The summed E-state index contributed by atoms with van der Waals surface area (Å²) < 4.78 is 17.4. The highest BCUT2D eigenvalue weighted by Crippen LogP contribution is 2.06. The van der Waals surface area contributed by atoms with Crippen molar-refractivity contribution >= 4 is 0 Å². The normalized spacial score (nSPS) is 13.8. The number of unbranched alkanes of at least 4 members (excludes halogenated alkanes) is 2. The SMILES string of the molecule is C=CCC(COCC(CC=C)OCCCC)OCCCC. The van der Waals surface area contributed by atoms with Crippen molar-refractivity contribution in [1.29, 1.82) is 0 Å². The Morgan fingerprint density at radius 1 is 0.810 bits per heavy atom. The summed E-state index contributed by atoms with van der Waals surface area (Å²) in [6, 6.07) is 0. The number of hydrogen-bond donors (Lipinski definition) is 0. The quantitative estimate of drug-likeness (QED) is 0.309. The van der Waals surface area contributed by atoms with Crippen LogP contribution in [0.3, 0.4) is 0 Å². The third kappa shape index (κ3) is 12.8. The molecule has 0 aromatic heterocycles. The lowest BCUT2D eigenvalue weighted by atomic mass is 10.2. The second-order valence-corrected chi connectivity index (χ2v) is 5.28. The van der Waals surface area contributed by atoms with Crippen molar-refractivity contribution in [3.05, 3.63) is 25.3 Å². The van der Waals surface area contributed by atoms with E-state index in [1.165, 1.54) is 0 Å². The van der Waals surface area contributed by atoms with Gasteiger partial charge in [-0.05, 0) is 25.7 Å². The van der Waals surface area contributed by atoms with Gasteiger partial charge in [0.1, 0.15) is 0 Å². The Morgan fingerprint density at radius 2 is 1.24 bits per heavy atom. The molecule has 0 N–H and O–H groups in total. The molecule has 0 aliphatic carbocycles. The van der Waals surface area contributed by atoms with E-state index >= 15 is 0 Å². The Bertz CT molecular complexity index is 217. The fourth-order valence-electron chi connectivity index (χ4n) is 1.86. The highest BCUT2D eigenvalue weighted by atomic mass is 16.6. The maximum atomic E-state index is 5.81. The molecular formula is C18H34O3. The van der Waals surface area contributed by atoms with Gasteiger partial charge in [0.2, 0.25) is 0 Å². The third-order valence-corrected chi connectivity index (χ3v) is 3.17. The van der Waals surface area contributed by atoms with Crippen LogP contribution in [0.15, 0.2) is 25.3 Å². The van der Waals surface area contributed by atoms with Crippen LogP contribution in [0.25, 0.3) is 0 Å². The zero-order valence-corrected chi connectivity index (χ0v) is 14.0. The molecule has 0 aliphatic heterocycles. The summed E-state index contributed by atoms with van der Waals surface area (Å²) in [6.45, 7) is 14.7. The molecule has 21 heavy (non-hydrogen) atoms. The summed E-state index contributed by atoms with van der Waals surface area (Å²) in [5.41, 5.74) is 0. The van der Waals surface area contributed by atoms with Crippen LogP contribution in [-0.2, 0) is 14.2 Å². The lowest BCUT2D eigenvalue weighted by molar-refractivity contribution is -0.0559. The predicted molar refractivity (Wildman–Crippen MR) is 89.7 cm³/mol. The largest absolute Gasteiger partial charge is 0.376 e. The van der Waals surface area contributed by atoms with E-state index in [0.717, 1.165) is 51.7 Å². The van der Waals surface area contributed by atoms with Crippen LogP contribution in [-0.4, -0.2) is 38.6 Å². The fraction of sp³-hybridized carbons (Fsp3) is 0.778. The molecule has 0 heterocycles. The Labute approximate surface area is 131 Å². The monoisotopic (exact) mass is 298 g/mol. The standard InChI is InChI=1S/C18H34O3/c1-5-9-13-20-17(11-7-3)15-19-16-18(12-8-4)21-14-10-6-2/h7-8,17-18H,3-6,9-16H2,1-2H3. The number of ether oxygens (including phenoxy) is 3. The predicted octanol–water partition coefficient (Wildman–Crippen LogP) is 4.53.